The molecule has 0 aromatic heterocycles. The van der Waals surface area contributed by atoms with E-state index in [1.807, 2.05) is 36.0 Å². The van der Waals surface area contributed by atoms with Crippen LogP contribution in [0.15, 0.2) is 101 Å². The molecule has 0 N–H and O–H groups in total. The van der Waals surface area contributed by atoms with Crippen molar-refractivity contribution in [2.75, 3.05) is 16.8 Å². The lowest BCUT2D eigenvalue weighted by Gasteiger charge is -2.35. The van der Waals surface area contributed by atoms with Crippen LogP contribution >= 0.6 is 11.8 Å². The number of nitrogens with zero attached hydrogens (tertiary/aromatic N) is 2. The Kier molecular flexibility index (Phi) is 3.99. The Bertz CT molecular complexity index is 1220. The first kappa shape index (κ1) is 17.5. The second kappa shape index (κ2) is 6.85. The number of fused-ring (bicyclic) bond motifs is 4. The lowest BCUT2D eigenvalue weighted by atomic mass is 10.1. The summed E-state index contributed by atoms with van der Waals surface area (Å²) in [4.78, 5) is 7.28. The van der Waals surface area contributed by atoms with E-state index in [4.69, 9.17) is 4.74 Å². The lowest BCUT2D eigenvalue weighted by molar-refractivity contribution is 0.472. The first-order chi connectivity index (χ1) is 14.8. The highest BCUT2D eigenvalue weighted by molar-refractivity contribution is 7.99. The zero-order valence-electron chi connectivity index (χ0n) is 16.6. The summed E-state index contributed by atoms with van der Waals surface area (Å²) in [5.74, 6) is 1.80. The van der Waals surface area contributed by atoms with Gasteiger partial charge in [-0.1, -0.05) is 60.3 Å². The van der Waals surface area contributed by atoms with E-state index >= 15 is 0 Å². The van der Waals surface area contributed by atoms with Gasteiger partial charge in [0.25, 0.3) is 0 Å². The summed E-state index contributed by atoms with van der Waals surface area (Å²) < 4.78 is 6.17. The van der Waals surface area contributed by atoms with Gasteiger partial charge >= 0.3 is 0 Å². The molecule has 0 saturated carbocycles. The Labute approximate surface area is 180 Å². The molecule has 3 nitrogen and oxygen atoms in total. The number of anilines is 4. The third-order valence-electron chi connectivity index (χ3n) is 5.74. The molecule has 0 fully saturated rings. The maximum Gasteiger partial charge on any atom is 0.151 e. The summed E-state index contributed by atoms with van der Waals surface area (Å²) in [7, 11) is 2.15. The first-order valence-corrected chi connectivity index (χ1v) is 10.9. The fourth-order valence-corrected chi connectivity index (χ4v) is 5.51. The first-order valence-electron chi connectivity index (χ1n) is 10.1. The number of hydrogen-bond donors (Lipinski definition) is 0. The van der Waals surface area contributed by atoms with Crippen molar-refractivity contribution >= 4 is 34.5 Å². The number of para-hydroxylation sites is 5. The molecule has 0 spiro atoms. The zero-order chi connectivity index (χ0) is 20.1. The van der Waals surface area contributed by atoms with Gasteiger partial charge in [0.1, 0.15) is 0 Å². The minimum absolute atomic E-state index is 0.781. The molecular formula is C26H20N2OS. The summed E-state index contributed by atoms with van der Waals surface area (Å²) in [6.45, 7) is 0.781. The number of benzene rings is 4. The summed E-state index contributed by atoms with van der Waals surface area (Å²) >= 11 is 1.86. The van der Waals surface area contributed by atoms with Crippen LogP contribution in [0.3, 0.4) is 0 Å². The standard InChI is InChI=1S/C26H20N2OS/c1-27-21-12-4-7-16-25(21)30-26-18(9-8-13-22(26)27)17-28-19-10-2-5-14-23(19)29-24-15-6-3-11-20(24)28/h2-16H,17H2,1H3. The molecule has 0 bridgehead atoms. The van der Waals surface area contributed by atoms with Gasteiger partial charge in [0, 0.05) is 23.4 Å². The Morgan fingerprint density at radius 3 is 2.00 bits per heavy atom. The van der Waals surface area contributed by atoms with Gasteiger partial charge in [-0.15, -0.1) is 0 Å². The summed E-state index contributed by atoms with van der Waals surface area (Å²) in [6, 6.07) is 31.8. The average molecular weight is 409 g/mol. The minimum atomic E-state index is 0.781. The monoisotopic (exact) mass is 408 g/mol. The summed E-state index contributed by atoms with van der Waals surface area (Å²) in [6.07, 6.45) is 0. The number of hydrogen-bond acceptors (Lipinski definition) is 4. The fraction of sp³-hybridized carbons (Fsp3) is 0.0769. The second-order valence-electron chi connectivity index (χ2n) is 7.52. The molecule has 0 atom stereocenters. The van der Waals surface area contributed by atoms with Crippen LogP contribution in [-0.2, 0) is 6.54 Å². The predicted molar refractivity (Wildman–Crippen MR) is 124 cm³/mol. The van der Waals surface area contributed by atoms with Gasteiger partial charge in [0.05, 0.1) is 22.7 Å². The van der Waals surface area contributed by atoms with E-state index in [0.29, 0.717) is 0 Å². The van der Waals surface area contributed by atoms with E-state index in [-0.39, 0.29) is 0 Å². The van der Waals surface area contributed by atoms with E-state index < -0.39 is 0 Å². The summed E-state index contributed by atoms with van der Waals surface area (Å²) in [5.41, 5.74) is 6.03. The molecule has 2 aliphatic rings. The fourth-order valence-electron chi connectivity index (χ4n) is 4.26. The van der Waals surface area contributed by atoms with Gasteiger partial charge in [-0.25, -0.2) is 0 Å². The summed E-state index contributed by atoms with van der Waals surface area (Å²) in [5, 5.41) is 0. The van der Waals surface area contributed by atoms with Crippen LogP contribution < -0.4 is 14.5 Å². The van der Waals surface area contributed by atoms with Crippen molar-refractivity contribution in [2.24, 2.45) is 0 Å². The van der Waals surface area contributed by atoms with Gasteiger partial charge < -0.3 is 14.5 Å². The SMILES string of the molecule is CN1c2ccccc2Sc2c(CN3c4ccccc4Oc4ccccc43)cccc21. The Morgan fingerprint density at radius 2 is 1.27 bits per heavy atom. The van der Waals surface area contributed by atoms with Crippen molar-refractivity contribution in [3.8, 4) is 11.5 Å². The van der Waals surface area contributed by atoms with Gasteiger partial charge in [-0.3, -0.25) is 0 Å². The van der Waals surface area contributed by atoms with Crippen molar-refractivity contribution in [1.29, 1.82) is 0 Å². The van der Waals surface area contributed by atoms with E-state index in [1.165, 1.54) is 26.7 Å². The highest BCUT2D eigenvalue weighted by Gasteiger charge is 2.27. The molecule has 4 aromatic carbocycles. The molecule has 6 rings (SSSR count). The molecule has 4 heteroatoms. The van der Waals surface area contributed by atoms with Gasteiger partial charge in [-0.2, -0.15) is 0 Å². The Hall–Kier alpha value is -3.37. The average Bonchev–Trinajstić information content (AvgIpc) is 2.79. The second-order valence-corrected chi connectivity index (χ2v) is 8.57. The number of ether oxygens (including phenoxy) is 1. The van der Waals surface area contributed by atoms with Crippen molar-refractivity contribution in [2.45, 2.75) is 16.3 Å². The molecule has 30 heavy (non-hydrogen) atoms. The van der Waals surface area contributed by atoms with Crippen LogP contribution in [0, 0.1) is 0 Å². The van der Waals surface area contributed by atoms with E-state index in [2.05, 4.69) is 83.6 Å². The van der Waals surface area contributed by atoms with Crippen LogP contribution in [0.2, 0.25) is 0 Å². The molecule has 0 aliphatic carbocycles. The molecule has 2 aliphatic heterocycles. The topological polar surface area (TPSA) is 15.7 Å². The van der Waals surface area contributed by atoms with Gasteiger partial charge in [0.2, 0.25) is 0 Å². The van der Waals surface area contributed by atoms with Crippen molar-refractivity contribution < 1.29 is 4.74 Å². The van der Waals surface area contributed by atoms with E-state index in [0.717, 1.165) is 29.4 Å². The van der Waals surface area contributed by atoms with E-state index in [9.17, 15) is 0 Å². The molecule has 2 heterocycles. The predicted octanol–water partition coefficient (Wildman–Crippen LogP) is 7.36. The number of rotatable bonds is 2. The van der Waals surface area contributed by atoms with Crippen molar-refractivity contribution in [1.82, 2.24) is 0 Å². The van der Waals surface area contributed by atoms with Crippen LogP contribution in [0.5, 0.6) is 11.5 Å². The van der Waals surface area contributed by atoms with Crippen LogP contribution in [0.1, 0.15) is 5.56 Å². The lowest BCUT2D eigenvalue weighted by Crippen LogP contribution is -2.22. The van der Waals surface area contributed by atoms with Gasteiger partial charge in [-0.05, 0) is 48.0 Å². The maximum atomic E-state index is 6.17. The molecule has 0 saturated heterocycles. The molecule has 0 radical (unpaired) electrons. The van der Waals surface area contributed by atoms with Crippen LogP contribution in [0.4, 0.5) is 22.7 Å². The smallest absolute Gasteiger partial charge is 0.151 e. The van der Waals surface area contributed by atoms with Crippen molar-refractivity contribution in [3.63, 3.8) is 0 Å². The zero-order valence-corrected chi connectivity index (χ0v) is 17.4. The molecule has 0 unspecified atom stereocenters. The third kappa shape index (κ3) is 2.68. The van der Waals surface area contributed by atoms with Gasteiger partial charge in [0.15, 0.2) is 11.5 Å². The molecule has 4 aromatic rings. The largest absolute Gasteiger partial charge is 0.453 e. The highest BCUT2D eigenvalue weighted by atomic mass is 32.2. The van der Waals surface area contributed by atoms with Crippen LogP contribution in [-0.4, -0.2) is 7.05 Å². The third-order valence-corrected chi connectivity index (χ3v) is 6.98. The van der Waals surface area contributed by atoms with E-state index in [1.54, 1.807) is 0 Å². The Balaban J connectivity index is 1.46. The normalized spacial score (nSPS) is 13.6. The molecule has 146 valence electrons. The quantitative estimate of drug-likeness (QED) is 0.344. The minimum Gasteiger partial charge on any atom is -0.453 e. The van der Waals surface area contributed by atoms with Crippen molar-refractivity contribution in [3.05, 3.63) is 96.6 Å². The van der Waals surface area contributed by atoms with Crippen LogP contribution in [0.25, 0.3) is 0 Å². The molecule has 0 amide bonds. The Morgan fingerprint density at radius 1 is 0.667 bits per heavy atom. The molecular weight excluding hydrogens is 388 g/mol. The highest BCUT2D eigenvalue weighted by Crippen LogP contribution is 2.51. The maximum absolute atomic E-state index is 6.17.